The van der Waals surface area contributed by atoms with Gasteiger partial charge < -0.3 is 14.3 Å². The molecule has 0 radical (unpaired) electrons. The Morgan fingerprint density at radius 1 is 0.973 bits per heavy atom. The van der Waals surface area contributed by atoms with Crippen LogP contribution in [0.5, 0.6) is 0 Å². The third-order valence-corrected chi connectivity index (χ3v) is 6.43. The van der Waals surface area contributed by atoms with Crippen LogP contribution in [0.2, 0.25) is 0 Å². The van der Waals surface area contributed by atoms with Gasteiger partial charge in [-0.15, -0.1) is 0 Å². The largest absolute Gasteiger partial charge is 0.416 e. The Hall–Kier alpha value is -3.95. The predicted molar refractivity (Wildman–Crippen MR) is 133 cm³/mol. The summed E-state index contributed by atoms with van der Waals surface area (Å²) < 4.78 is 44.4. The van der Waals surface area contributed by atoms with Gasteiger partial charge >= 0.3 is 6.18 Å². The van der Waals surface area contributed by atoms with Crippen LogP contribution in [-0.4, -0.2) is 52.1 Å². The minimum atomic E-state index is -4.44. The summed E-state index contributed by atoms with van der Waals surface area (Å²) in [5, 5.41) is 5.03. The van der Waals surface area contributed by atoms with Crippen LogP contribution in [0.1, 0.15) is 41.5 Å². The molecule has 5 rings (SSSR count). The van der Waals surface area contributed by atoms with Crippen LogP contribution in [0.25, 0.3) is 22.4 Å². The molecule has 192 valence electrons. The Kier molecular flexibility index (Phi) is 6.82. The molecule has 0 unspecified atom stereocenters. The normalized spacial score (nSPS) is 14.7. The van der Waals surface area contributed by atoms with Gasteiger partial charge in [-0.25, -0.2) is 4.98 Å². The minimum Gasteiger partial charge on any atom is -0.354 e. The maximum atomic E-state index is 13.1. The number of benzene rings is 2. The number of carbonyl (C=O) groups excluding carboxylic acids is 1. The van der Waals surface area contributed by atoms with Crippen molar-refractivity contribution in [3.8, 4) is 11.3 Å². The standard InChI is InChI=1S/C27H26F3N5O2/c1-2-7-21-31-24(22-23(33-37-25(22)32-21)18-8-4-3-5-9-18)34-14-6-15-35(17-16-34)26(36)19-10-12-20(13-11-19)27(28,29)30/h3-5,8-13H,2,6-7,14-17H2,1H3. The molecule has 1 amide bonds. The number of hydrogen-bond donors (Lipinski definition) is 0. The van der Waals surface area contributed by atoms with Crippen molar-refractivity contribution in [1.29, 1.82) is 0 Å². The second-order valence-corrected chi connectivity index (χ2v) is 9.00. The molecule has 0 spiro atoms. The quantitative estimate of drug-likeness (QED) is 0.348. The highest BCUT2D eigenvalue weighted by Crippen LogP contribution is 2.34. The van der Waals surface area contributed by atoms with Gasteiger partial charge in [-0.2, -0.15) is 18.2 Å². The summed E-state index contributed by atoms with van der Waals surface area (Å²) >= 11 is 0. The minimum absolute atomic E-state index is 0.238. The van der Waals surface area contributed by atoms with E-state index in [4.69, 9.17) is 9.51 Å². The van der Waals surface area contributed by atoms with Gasteiger partial charge in [-0.3, -0.25) is 4.79 Å². The smallest absolute Gasteiger partial charge is 0.354 e. The number of hydrogen-bond acceptors (Lipinski definition) is 6. The molecule has 1 fully saturated rings. The molecule has 0 atom stereocenters. The molecule has 37 heavy (non-hydrogen) atoms. The number of rotatable bonds is 5. The van der Waals surface area contributed by atoms with E-state index >= 15 is 0 Å². The van der Waals surface area contributed by atoms with Crippen LogP contribution in [0.4, 0.5) is 19.0 Å². The van der Waals surface area contributed by atoms with Crippen molar-refractivity contribution < 1.29 is 22.5 Å². The Morgan fingerprint density at radius 2 is 1.73 bits per heavy atom. The number of halogens is 3. The molecular weight excluding hydrogens is 483 g/mol. The summed E-state index contributed by atoms with van der Waals surface area (Å²) in [5.74, 6) is 1.10. The number of fused-ring (bicyclic) bond motifs is 1. The number of carbonyl (C=O) groups is 1. The lowest BCUT2D eigenvalue weighted by Gasteiger charge is -2.24. The molecule has 2 aromatic heterocycles. The summed E-state index contributed by atoms with van der Waals surface area (Å²) in [4.78, 5) is 26.3. The summed E-state index contributed by atoms with van der Waals surface area (Å²) in [6.07, 6.45) is -2.20. The van der Waals surface area contributed by atoms with Crippen molar-refractivity contribution in [3.05, 3.63) is 71.5 Å². The molecule has 3 heterocycles. The van der Waals surface area contributed by atoms with Crippen LogP contribution in [0.15, 0.2) is 59.1 Å². The fourth-order valence-corrected chi connectivity index (χ4v) is 4.55. The van der Waals surface area contributed by atoms with Crippen molar-refractivity contribution in [2.75, 3.05) is 31.1 Å². The molecule has 0 bridgehead atoms. The molecular formula is C27H26F3N5O2. The second kappa shape index (κ2) is 10.2. The van der Waals surface area contributed by atoms with E-state index in [0.717, 1.165) is 35.3 Å². The SMILES string of the molecule is CCCc1nc(N2CCCN(C(=O)c3ccc(C(F)(F)F)cc3)CC2)c2c(-c3ccccc3)noc2n1. The summed E-state index contributed by atoms with van der Waals surface area (Å²) in [6.45, 7) is 4.10. The lowest BCUT2D eigenvalue weighted by molar-refractivity contribution is -0.137. The summed E-state index contributed by atoms with van der Waals surface area (Å²) in [7, 11) is 0. The molecule has 4 aromatic rings. The van der Waals surface area contributed by atoms with E-state index in [9.17, 15) is 18.0 Å². The third kappa shape index (κ3) is 5.14. The van der Waals surface area contributed by atoms with Gasteiger partial charge in [0, 0.05) is 43.7 Å². The number of alkyl halides is 3. The molecule has 7 nitrogen and oxygen atoms in total. The molecule has 1 aliphatic rings. The number of amides is 1. The van der Waals surface area contributed by atoms with Crippen molar-refractivity contribution >= 4 is 22.8 Å². The van der Waals surface area contributed by atoms with Crippen LogP contribution >= 0.6 is 0 Å². The second-order valence-electron chi connectivity index (χ2n) is 9.00. The first kappa shape index (κ1) is 24.7. The zero-order valence-electron chi connectivity index (χ0n) is 20.3. The number of anilines is 1. The van der Waals surface area contributed by atoms with Crippen LogP contribution in [0, 0.1) is 0 Å². The van der Waals surface area contributed by atoms with Crippen LogP contribution < -0.4 is 4.90 Å². The van der Waals surface area contributed by atoms with E-state index in [1.54, 1.807) is 4.90 Å². The first-order valence-electron chi connectivity index (χ1n) is 12.3. The number of nitrogens with zero attached hydrogens (tertiary/aromatic N) is 5. The van der Waals surface area contributed by atoms with Gasteiger partial charge in [0.1, 0.15) is 22.7 Å². The number of aromatic nitrogens is 3. The molecule has 2 aromatic carbocycles. The van der Waals surface area contributed by atoms with Crippen LogP contribution in [-0.2, 0) is 12.6 Å². The maximum Gasteiger partial charge on any atom is 0.416 e. The summed E-state index contributed by atoms with van der Waals surface area (Å²) in [6, 6.07) is 14.1. The Bertz CT molecular complexity index is 1390. The highest BCUT2D eigenvalue weighted by Gasteiger charge is 2.31. The number of aryl methyl sites for hydroxylation is 1. The Morgan fingerprint density at radius 3 is 2.43 bits per heavy atom. The Balaban J connectivity index is 1.42. The van der Waals surface area contributed by atoms with Gasteiger partial charge in [0.05, 0.1) is 5.56 Å². The maximum absolute atomic E-state index is 13.1. The molecule has 10 heteroatoms. The molecule has 1 saturated heterocycles. The van der Waals surface area contributed by atoms with E-state index in [1.807, 2.05) is 30.3 Å². The van der Waals surface area contributed by atoms with Crippen molar-refractivity contribution in [2.24, 2.45) is 0 Å². The van der Waals surface area contributed by atoms with E-state index < -0.39 is 11.7 Å². The average molecular weight is 510 g/mol. The highest BCUT2D eigenvalue weighted by molar-refractivity contribution is 5.98. The van der Waals surface area contributed by atoms with E-state index in [2.05, 4.69) is 22.0 Å². The monoisotopic (exact) mass is 509 g/mol. The van der Waals surface area contributed by atoms with Crippen molar-refractivity contribution in [2.45, 2.75) is 32.4 Å². The lowest BCUT2D eigenvalue weighted by atomic mass is 10.1. The highest BCUT2D eigenvalue weighted by atomic mass is 19.4. The van der Waals surface area contributed by atoms with E-state index in [0.29, 0.717) is 56.3 Å². The fraction of sp³-hybridized carbons (Fsp3) is 0.333. The van der Waals surface area contributed by atoms with Crippen LogP contribution in [0.3, 0.4) is 0 Å². The van der Waals surface area contributed by atoms with Gasteiger partial charge in [0.2, 0.25) is 0 Å². The topological polar surface area (TPSA) is 75.4 Å². The van der Waals surface area contributed by atoms with Gasteiger partial charge in [-0.1, -0.05) is 42.4 Å². The Labute approximate surface area is 211 Å². The predicted octanol–water partition coefficient (Wildman–Crippen LogP) is 5.61. The van der Waals surface area contributed by atoms with Crippen molar-refractivity contribution in [3.63, 3.8) is 0 Å². The zero-order chi connectivity index (χ0) is 26.0. The fourth-order valence-electron chi connectivity index (χ4n) is 4.55. The van der Waals surface area contributed by atoms with Gasteiger partial charge in [-0.05, 0) is 37.1 Å². The lowest BCUT2D eigenvalue weighted by Crippen LogP contribution is -2.35. The third-order valence-electron chi connectivity index (χ3n) is 6.43. The zero-order valence-corrected chi connectivity index (χ0v) is 20.3. The molecule has 0 saturated carbocycles. The van der Waals surface area contributed by atoms with Gasteiger partial charge in [0.25, 0.3) is 11.6 Å². The van der Waals surface area contributed by atoms with E-state index in [-0.39, 0.29) is 11.5 Å². The average Bonchev–Trinajstić information content (AvgIpc) is 3.17. The first-order valence-corrected chi connectivity index (χ1v) is 12.3. The van der Waals surface area contributed by atoms with Gasteiger partial charge in [0.15, 0.2) is 0 Å². The van der Waals surface area contributed by atoms with Crippen molar-refractivity contribution in [1.82, 2.24) is 20.0 Å². The first-order chi connectivity index (χ1) is 17.8. The molecule has 0 aliphatic carbocycles. The molecule has 1 aliphatic heterocycles. The summed E-state index contributed by atoms with van der Waals surface area (Å²) in [5.41, 5.74) is 1.44. The molecule has 0 N–H and O–H groups in total. The van der Waals surface area contributed by atoms with E-state index in [1.165, 1.54) is 12.1 Å².